The summed E-state index contributed by atoms with van der Waals surface area (Å²) in [5, 5.41) is 18.0. The summed E-state index contributed by atoms with van der Waals surface area (Å²) >= 11 is 0. The molecule has 0 aliphatic carbocycles. The number of benzene rings is 1. The zero-order valence-corrected chi connectivity index (χ0v) is 11.4. The van der Waals surface area contributed by atoms with Gasteiger partial charge in [-0.1, -0.05) is 6.07 Å². The largest absolute Gasteiger partial charge is 0.362 e. The fourth-order valence-electron chi connectivity index (χ4n) is 2.89. The lowest BCUT2D eigenvalue weighted by atomic mass is 10.0. The molecule has 1 saturated heterocycles. The van der Waals surface area contributed by atoms with Crippen LogP contribution in [0, 0.1) is 22.7 Å². The second-order valence-electron chi connectivity index (χ2n) is 5.16. The number of nitrogens with zero attached hydrogens (tertiary/aromatic N) is 4. The summed E-state index contributed by atoms with van der Waals surface area (Å²) in [5.74, 6) is 0. The molecule has 1 aliphatic rings. The van der Waals surface area contributed by atoms with Crippen molar-refractivity contribution in [2.24, 2.45) is 0 Å². The lowest BCUT2D eigenvalue weighted by Crippen LogP contribution is -2.56. The predicted molar refractivity (Wildman–Crippen MR) is 74.6 cm³/mol. The van der Waals surface area contributed by atoms with Crippen LogP contribution in [0.15, 0.2) is 24.3 Å². The van der Waals surface area contributed by atoms with E-state index in [1.54, 1.807) is 0 Å². The molecule has 19 heavy (non-hydrogen) atoms. The zero-order chi connectivity index (χ0) is 13.8. The maximum atomic E-state index is 9.01. The monoisotopic (exact) mass is 254 g/mol. The topological polar surface area (TPSA) is 54.1 Å². The molecule has 0 radical (unpaired) electrons. The Morgan fingerprint density at radius 3 is 2.79 bits per heavy atom. The summed E-state index contributed by atoms with van der Waals surface area (Å²) in [4.78, 5) is 4.54. The number of piperazine rings is 1. The first-order chi connectivity index (χ1) is 9.15. The van der Waals surface area contributed by atoms with Gasteiger partial charge in [0.15, 0.2) is 0 Å². The van der Waals surface area contributed by atoms with Crippen molar-refractivity contribution in [1.29, 1.82) is 10.5 Å². The van der Waals surface area contributed by atoms with Crippen LogP contribution >= 0.6 is 0 Å². The zero-order valence-electron chi connectivity index (χ0n) is 11.4. The molecule has 1 heterocycles. The minimum Gasteiger partial charge on any atom is -0.362 e. The highest BCUT2D eigenvalue weighted by Gasteiger charge is 2.30. The van der Waals surface area contributed by atoms with Crippen molar-refractivity contribution in [1.82, 2.24) is 4.90 Å². The molecule has 2 atom stereocenters. The average Bonchev–Trinajstić information content (AvgIpc) is 2.38. The van der Waals surface area contributed by atoms with Crippen molar-refractivity contribution < 1.29 is 0 Å². The normalized spacial score (nSPS) is 23.7. The van der Waals surface area contributed by atoms with Crippen LogP contribution in [-0.2, 0) is 0 Å². The van der Waals surface area contributed by atoms with Gasteiger partial charge in [0.25, 0.3) is 0 Å². The van der Waals surface area contributed by atoms with E-state index in [0.29, 0.717) is 18.0 Å². The van der Waals surface area contributed by atoms with Crippen molar-refractivity contribution in [3.8, 4) is 12.1 Å². The molecule has 4 heteroatoms. The summed E-state index contributed by atoms with van der Waals surface area (Å²) in [5.41, 5.74) is 1.71. The van der Waals surface area contributed by atoms with Gasteiger partial charge in [0.1, 0.15) is 0 Å². The molecule has 2 rings (SSSR count). The highest BCUT2D eigenvalue weighted by molar-refractivity contribution is 5.53. The summed E-state index contributed by atoms with van der Waals surface area (Å²) in [6.45, 7) is 4.02. The number of anilines is 1. The van der Waals surface area contributed by atoms with Gasteiger partial charge in [0.05, 0.1) is 30.2 Å². The molecule has 1 aromatic rings. The average molecular weight is 254 g/mol. The van der Waals surface area contributed by atoms with Crippen LogP contribution in [0.25, 0.3) is 0 Å². The van der Waals surface area contributed by atoms with Crippen LogP contribution in [0.2, 0.25) is 0 Å². The smallest absolute Gasteiger partial charge is 0.0992 e. The van der Waals surface area contributed by atoms with Gasteiger partial charge in [-0.15, -0.1) is 0 Å². The maximum absolute atomic E-state index is 9.01. The number of nitriles is 2. The van der Waals surface area contributed by atoms with E-state index in [1.807, 2.05) is 24.3 Å². The molecule has 0 N–H and O–H groups in total. The fourth-order valence-corrected chi connectivity index (χ4v) is 2.89. The third-order valence-electron chi connectivity index (χ3n) is 3.57. The molecule has 0 spiro atoms. The van der Waals surface area contributed by atoms with Crippen molar-refractivity contribution in [2.45, 2.75) is 25.4 Å². The number of hydrogen-bond donors (Lipinski definition) is 0. The van der Waals surface area contributed by atoms with Gasteiger partial charge in [0.2, 0.25) is 0 Å². The molecule has 0 aromatic heterocycles. The number of likely N-dealkylation sites (N-methyl/N-ethyl adjacent to an activating group) is 1. The third-order valence-corrected chi connectivity index (χ3v) is 3.57. The first-order valence-electron chi connectivity index (χ1n) is 6.49. The van der Waals surface area contributed by atoms with Crippen molar-refractivity contribution in [3.63, 3.8) is 0 Å². The Bertz CT molecular complexity index is 526. The van der Waals surface area contributed by atoms with E-state index in [4.69, 9.17) is 10.5 Å². The fraction of sp³-hybridized carbons (Fsp3) is 0.467. The highest BCUT2D eigenvalue weighted by Crippen LogP contribution is 2.26. The van der Waals surface area contributed by atoms with E-state index >= 15 is 0 Å². The minimum absolute atomic E-state index is 0.188. The van der Waals surface area contributed by atoms with E-state index in [1.165, 1.54) is 0 Å². The number of rotatable bonds is 2. The summed E-state index contributed by atoms with van der Waals surface area (Å²) in [7, 11) is 2.09. The molecule has 0 bridgehead atoms. The molecule has 0 amide bonds. The summed E-state index contributed by atoms with van der Waals surface area (Å²) < 4.78 is 0. The van der Waals surface area contributed by atoms with Gasteiger partial charge in [-0.05, 0) is 32.2 Å². The maximum Gasteiger partial charge on any atom is 0.0992 e. The third kappa shape index (κ3) is 2.86. The first-order valence-corrected chi connectivity index (χ1v) is 6.49. The van der Waals surface area contributed by atoms with Crippen LogP contribution < -0.4 is 4.90 Å². The lowest BCUT2D eigenvalue weighted by molar-refractivity contribution is 0.233. The molecular formula is C15H18N4. The molecule has 0 saturated carbocycles. The second kappa shape index (κ2) is 5.73. The van der Waals surface area contributed by atoms with Crippen LogP contribution in [0.4, 0.5) is 5.69 Å². The van der Waals surface area contributed by atoms with Gasteiger partial charge in [-0.25, -0.2) is 0 Å². The van der Waals surface area contributed by atoms with E-state index in [0.717, 1.165) is 18.8 Å². The number of hydrogen-bond acceptors (Lipinski definition) is 4. The van der Waals surface area contributed by atoms with Crippen LogP contribution in [0.3, 0.4) is 0 Å². The lowest BCUT2D eigenvalue weighted by Gasteiger charge is -2.45. The molecule has 1 aliphatic heterocycles. The standard InChI is InChI=1S/C15H18N4/c1-12-10-18(2)11-15(6-7-16)19(12)14-5-3-4-13(8-14)9-17/h3-5,8,12,15H,6,10-11H2,1-2H3. The molecular weight excluding hydrogens is 236 g/mol. The van der Waals surface area contributed by atoms with Crippen molar-refractivity contribution >= 4 is 5.69 Å². The van der Waals surface area contributed by atoms with Gasteiger partial charge in [0, 0.05) is 24.8 Å². The predicted octanol–water partition coefficient (Wildman–Crippen LogP) is 1.98. The Balaban J connectivity index is 2.33. The quantitative estimate of drug-likeness (QED) is 0.809. The first kappa shape index (κ1) is 13.4. The van der Waals surface area contributed by atoms with Crippen molar-refractivity contribution in [2.75, 3.05) is 25.0 Å². The van der Waals surface area contributed by atoms with E-state index in [9.17, 15) is 0 Å². The molecule has 1 fully saturated rings. The Hall–Kier alpha value is -2.04. The van der Waals surface area contributed by atoms with Gasteiger partial charge in [-0.2, -0.15) is 10.5 Å². The van der Waals surface area contributed by atoms with E-state index < -0.39 is 0 Å². The van der Waals surface area contributed by atoms with Gasteiger partial charge in [-0.3, -0.25) is 0 Å². The molecule has 1 aromatic carbocycles. The molecule has 2 unspecified atom stereocenters. The Kier molecular flexibility index (Phi) is 4.04. The van der Waals surface area contributed by atoms with Gasteiger partial charge < -0.3 is 9.80 Å². The molecule has 98 valence electrons. The molecule has 4 nitrogen and oxygen atoms in total. The van der Waals surface area contributed by atoms with Crippen LogP contribution in [0.1, 0.15) is 18.9 Å². The van der Waals surface area contributed by atoms with E-state index in [2.05, 4.69) is 35.9 Å². The SMILES string of the molecule is CC1CN(C)CC(CC#N)N1c1cccc(C#N)c1. The summed E-state index contributed by atoms with van der Waals surface area (Å²) in [6, 6.07) is 12.6. The highest BCUT2D eigenvalue weighted by atomic mass is 15.3. The Labute approximate surface area is 114 Å². The Morgan fingerprint density at radius 2 is 2.11 bits per heavy atom. The Morgan fingerprint density at radius 1 is 1.32 bits per heavy atom. The van der Waals surface area contributed by atoms with Gasteiger partial charge >= 0.3 is 0 Å². The van der Waals surface area contributed by atoms with Crippen LogP contribution in [0.5, 0.6) is 0 Å². The minimum atomic E-state index is 0.188. The van der Waals surface area contributed by atoms with E-state index in [-0.39, 0.29) is 6.04 Å². The van der Waals surface area contributed by atoms with Crippen molar-refractivity contribution in [3.05, 3.63) is 29.8 Å². The summed E-state index contributed by atoms with van der Waals surface area (Å²) in [6.07, 6.45) is 0.505. The van der Waals surface area contributed by atoms with Crippen LogP contribution in [-0.4, -0.2) is 37.1 Å². The second-order valence-corrected chi connectivity index (χ2v) is 5.16.